The van der Waals surface area contributed by atoms with Crippen molar-refractivity contribution in [3.05, 3.63) is 59.4 Å². The molecule has 174 valence electrons. The Kier molecular flexibility index (Phi) is 6.74. The minimum atomic E-state index is -1.04. The van der Waals surface area contributed by atoms with Gasteiger partial charge in [-0.25, -0.2) is 9.18 Å². The molecule has 33 heavy (non-hydrogen) atoms. The average molecular weight is 458 g/mol. The van der Waals surface area contributed by atoms with Crippen LogP contribution in [0.25, 0.3) is 0 Å². The Balaban J connectivity index is 1.28. The molecule has 2 aliphatic rings. The van der Waals surface area contributed by atoms with Crippen molar-refractivity contribution in [2.75, 3.05) is 19.9 Å². The van der Waals surface area contributed by atoms with Gasteiger partial charge in [-0.05, 0) is 29.3 Å². The molecule has 2 aromatic carbocycles. The fraction of sp³-hybridized carbons (Fsp3) is 0.348. The number of hydrogen-bond donors (Lipinski definition) is 2. The van der Waals surface area contributed by atoms with Gasteiger partial charge in [0.15, 0.2) is 18.1 Å². The number of aliphatic hydroxyl groups is 1. The van der Waals surface area contributed by atoms with Gasteiger partial charge >= 0.3 is 5.97 Å². The van der Waals surface area contributed by atoms with Gasteiger partial charge in [-0.2, -0.15) is 0 Å². The first-order valence-electron chi connectivity index (χ1n) is 10.4. The number of ether oxygens (including phenoxy) is 3. The quantitative estimate of drug-likeness (QED) is 0.593. The number of carbonyl (C=O) groups excluding carboxylic acids is 3. The minimum absolute atomic E-state index is 0.0132. The number of carbonyl (C=O) groups is 3. The maximum Gasteiger partial charge on any atom is 0.329 e. The number of amides is 2. The first kappa shape index (κ1) is 22.5. The van der Waals surface area contributed by atoms with E-state index in [1.807, 2.05) is 0 Å². The Morgan fingerprint density at radius 2 is 1.94 bits per heavy atom. The van der Waals surface area contributed by atoms with Gasteiger partial charge in [-0.1, -0.05) is 24.3 Å². The van der Waals surface area contributed by atoms with Crippen LogP contribution in [0.2, 0.25) is 0 Å². The van der Waals surface area contributed by atoms with Crippen LogP contribution in [0.15, 0.2) is 42.5 Å². The van der Waals surface area contributed by atoms with Gasteiger partial charge in [-0.3, -0.25) is 9.59 Å². The van der Waals surface area contributed by atoms with Crippen molar-refractivity contribution in [2.24, 2.45) is 0 Å². The summed E-state index contributed by atoms with van der Waals surface area (Å²) in [6.07, 6.45) is -1.17. The number of esters is 1. The summed E-state index contributed by atoms with van der Waals surface area (Å²) >= 11 is 0. The first-order chi connectivity index (χ1) is 15.9. The molecule has 2 atom stereocenters. The van der Waals surface area contributed by atoms with E-state index >= 15 is 0 Å². The van der Waals surface area contributed by atoms with Crippen molar-refractivity contribution < 1.29 is 38.1 Å². The minimum Gasteiger partial charge on any atom is -0.454 e. The monoisotopic (exact) mass is 458 g/mol. The van der Waals surface area contributed by atoms with Crippen LogP contribution >= 0.6 is 0 Å². The number of benzene rings is 2. The zero-order valence-electron chi connectivity index (χ0n) is 17.7. The van der Waals surface area contributed by atoms with Crippen molar-refractivity contribution in [1.82, 2.24) is 10.2 Å². The summed E-state index contributed by atoms with van der Waals surface area (Å²) in [5, 5.41) is 12.6. The number of halogens is 1. The lowest BCUT2D eigenvalue weighted by atomic mass is 10.1. The van der Waals surface area contributed by atoms with Crippen molar-refractivity contribution in [1.29, 1.82) is 0 Å². The summed E-state index contributed by atoms with van der Waals surface area (Å²) in [5.74, 6) is -1.13. The van der Waals surface area contributed by atoms with Crippen LogP contribution in [0.4, 0.5) is 4.39 Å². The predicted octanol–water partition coefficient (Wildman–Crippen LogP) is 0.918. The molecule has 1 fully saturated rings. The maximum absolute atomic E-state index is 13.9. The molecule has 9 nitrogen and oxygen atoms in total. The average Bonchev–Trinajstić information content (AvgIpc) is 3.43. The zero-order valence-corrected chi connectivity index (χ0v) is 17.7. The second-order valence-electron chi connectivity index (χ2n) is 7.79. The topological polar surface area (TPSA) is 114 Å². The Labute approximate surface area is 189 Å². The summed E-state index contributed by atoms with van der Waals surface area (Å²) in [6, 6.07) is 10.1. The van der Waals surface area contributed by atoms with Gasteiger partial charge < -0.3 is 29.5 Å². The number of β-amino-alcohol motifs (C(OH)–C–C–N with tert-alkyl or cyclic N) is 1. The van der Waals surface area contributed by atoms with E-state index in [-0.39, 0.29) is 38.3 Å². The third-order valence-electron chi connectivity index (χ3n) is 5.44. The number of fused-ring (bicyclic) bond motifs is 1. The Hall–Kier alpha value is -3.66. The van der Waals surface area contributed by atoms with Gasteiger partial charge in [0.25, 0.3) is 5.91 Å². The molecular weight excluding hydrogens is 435 g/mol. The predicted molar refractivity (Wildman–Crippen MR) is 112 cm³/mol. The molecule has 2 unspecified atom stereocenters. The molecule has 2 amide bonds. The Bertz CT molecular complexity index is 1060. The second-order valence-corrected chi connectivity index (χ2v) is 7.79. The molecule has 0 spiro atoms. The van der Waals surface area contributed by atoms with E-state index in [0.717, 1.165) is 5.56 Å². The highest BCUT2D eigenvalue weighted by molar-refractivity contribution is 5.88. The summed E-state index contributed by atoms with van der Waals surface area (Å²) in [5.41, 5.74) is 0.974. The molecule has 2 N–H and O–H groups in total. The maximum atomic E-state index is 13.9. The normalized spacial score (nSPS) is 18.8. The van der Waals surface area contributed by atoms with E-state index in [0.29, 0.717) is 11.5 Å². The highest BCUT2D eigenvalue weighted by Gasteiger charge is 2.40. The molecule has 4 rings (SSSR count). The SMILES string of the molecule is O=C(COC(=O)C1CC(O)CN1C(=O)Cc1ccccc1F)NCc1ccc2c(c1)OCO2. The van der Waals surface area contributed by atoms with Crippen LogP contribution in [-0.4, -0.2) is 59.9 Å². The molecule has 0 radical (unpaired) electrons. The van der Waals surface area contributed by atoms with E-state index in [4.69, 9.17) is 14.2 Å². The highest BCUT2D eigenvalue weighted by Crippen LogP contribution is 2.32. The number of hydrogen-bond acceptors (Lipinski definition) is 7. The van der Waals surface area contributed by atoms with Crippen molar-refractivity contribution in [3.63, 3.8) is 0 Å². The van der Waals surface area contributed by atoms with Crippen LogP contribution in [0.5, 0.6) is 11.5 Å². The van der Waals surface area contributed by atoms with E-state index < -0.39 is 42.4 Å². The number of rotatable bonds is 7. The summed E-state index contributed by atoms with van der Waals surface area (Å²) in [4.78, 5) is 38.5. The molecule has 0 bridgehead atoms. The molecule has 1 saturated heterocycles. The lowest BCUT2D eigenvalue weighted by molar-refractivity contribution is -0.156. The van der Waals surface area contributed by atoms with Crippen molar-refractivity contribution in [3.8, 4) is 11.5 Å². The van der Waals surface area contributed by atoms with Gasteiger partial charge in [0.2, 0.25) is 12.7 Å². The van der Waals surface area contributed by atoms with Gasteiger partial charge in [0, 0.05) is 19.5 Å². The van der Waals surface area contributed by atoms with Crippen LogP contribution in [0.3, 0.4) is 0 Å². The molecular formula is C23H23FN2O7. The number of likely N-dealkylation sites (tertiary alicyclic amines) is 1. The molecule has 0 saturated carbocycles. The largest absolute Gasteiger partial charge is 0.454 e. The fourth-order valence-corrected chi connectivity index (χ4v) is 3.75. The zero-order chi connectivity index (χ0) is 23.4. The molecule has 2 aromatic rings. The van der Waals surface area contributed by atoms with Crippen LogP contribution in [0.1, 0.15) is 17.5 Å². The molecule has 0 aromatic heterocycles. The second kappa shape index (κ2) is 9.86. The standard InChI is InChI=1S/C23H23FN2O7/c24-17-4-2-1-3-15(17)8-22(29)26-11-16(27)9-18(26)23(30)31-12-21(28)25-10-14-5-6-19-20(7-14)33-13-32-19/h1-7,16,18,27H,8-13H2,(H,25,28). The highest BCUT2D eigenvalue weighted by atomic mass is 19.1. The third kappa shape index (κ3) is 5.40. The van der Waals surface area contributed by atoms with E-state index in [2.05, 4.69) is 5.32 Å². The summed E-state index contributed by atoms with van der Waals surface area (Å²) in [7, 11) is 0. The molecule has 2 aliphatic heterocycles. The van der Waals surface area contributed by atoms with Crippen molar-refractivity contribution in [2.45, 2.75) is 31.5 Å². The molecule has 10 heteroatoms. The number of nitrogens with one attached hydrogen (secondary N) is 1. The lowest BCUT2D eigenvalue weighted by Crippen LogP contribution is -2.43. The van der Waals surface area contributed by atoms with Gasteiger partial charge in [0.05, 0.1) is 12.5 Å². The fourth-order valence-electron chi connectivity index (χ4n) is 3.75. The third-order valence-corrected chi connectivity index (χ3v) is 5.44. The Morgan fingerprint density at radius 1 is 1.15 bits per heavy atom. The summed E-state index contributed by atoms with van der Waals surface area (Å²) in [6.45, 7) is -0.256. The van der Waals surface area contributed by atoms with Crippen LogP contribution < -0.4 is 14.8 Å². The van der Waals surface area contributed by atoms with Crippen molar-refractivity contribution >= 4 is 17.8 Å². The van der Waals surface area contributed by atoms with Crippen LogP contribution in [0, 0.1) is 5.82 Å². The van der Waals surface area contributed by atoms with Crippen LogP contribution in [-0.2, 0) is 32.1 Å². The Morgan fingerprint density at radius 3 is 2.76 bits per heavy atom. The van der Waals surface area contributed by atoms with E-state index in [9.17, 15) is 23.9 Å². The molecule has 0 aliphatic carbocycles. The summed E-state index contributed by atoms with van der Waals surface area (Å²) < 4.78 is 29.5. The number of nitrogens with zero attached hydrogens (tertiary/aromatic N) is 1. The van der Waals surface area contributed by atoms with E-state index in [1.165, 1.54) is 23.1 Å². The molecule has 2 heterocycles. The smallest absolute Gasteiger partial charge is 0.329 e. The van der Waals surface area contributed by atoms with E-state index in [1.54, 1.807) is 24.3 Å². The first-order valence-corrected chi connectivity index (χ1v) is 10.4. The van der Waals surface area contributed by atoms with Gasteiger partial charge in [-0.15, -0.1) is 0 Å². The van der Waals surface area contributed by atoms with Gasteiger partial charge in [0.1, 0.15) is 11.9 Å². The lowest BCUT2D eigenvalue weighted by Gasteiger charge is -2.23. The number of aliphatic hydroxyl groups excluding tert-OH is 1.